The van der Waals surface area contributed by atoms with Crippen LogP contribution in [0.5, 0.6) is 0 Å². The fourth-order valence-corrected chi connectivity index (χ4v) is 2.36. The smallest absolute Gasteiger partial charge is 0.243 e. The molecule has 2 rings (SSSR count). The molecule has 3 nitrogen and oxygen atoms in total. The lowest BCUT2D eigenvalue weighted by molar-refractivity contribution is -0.114. The second-order valence-corrected chi connectivity index (χ2v) is 5.95. The Hall–Kier alpha value is -2.29. The molecule has 0 atom stereocenters. The van der Waals surface area contributed by atoms with E-state index in [4.69, 9.17) is 0 Å². The largest absolute Gasteiger partial charge is 0.376 e. The maximum Gasteiger partial charge on any atom is 0.243 e. The van der Waals surface area contributed by atoms with Gasteiger partial charge in [0.15, 0.2) is 0 Å². The van der Waals surface area contributed by atoms with E-state index in [9.17, 15) is 4.79 Å². The van der Waals surface area contributed by atoms with Crippen LogP contribution in [0.15, 0.2) is 42.5 Å². The monoisotopic (exact) mass is 296 g/mol. The third kappa shape index (κ3) is 4.10. The Kier molecular flexibility index (Phi) is 5.21. The molecule has 0 aliphatic carbocycles. The summed E-state index contributed by atoms with van der Waals surface area (Å²) in [5.41, 5.74) is 5.32. The maximum absolute atomic E-state index is 12.1. The zero-order chi connectivity index (χ0) is 16.1. The highest BCUT2D eigenvalue weighted by Crippen LogP contribution is 2.19. The molecule has 2 aromatic rings. The van der Waals surface area contributed by atoms with Gasteiger partial charge < -0.3 is 10.6 Å². The number of nitrogens with one attached hydrogen (secondary N) is 2. The van der Waals surface area contributed by atoms with Crippen molar-refractivity contribution < 1.29 is 4.79 Å². The lowest BCUT2D eigenvalue weighted by Crippen LogP contribution is -2.22. The van der Waals surface area contributed by atoms with Gasteiger partial charge in [-0.15, -0.1) is 0 Å². The normalized spacial score (nSPS) is 10.6. The number of hydrogen-bond donors (Lipinski definition) is 2. The van der Waals surface area contributed by atoms with E-state index in [-0.39, 0.29) is 12.5 Å². The molecular formula is C19H24N2O. The molecule has 0 heterocycles. The van der Waals surface area contributed by atoms with Gasteiger partial charge in [0.05, 0.1) is 6.54 Å². The summed E-state index contributed by atoms with van der Waals surface area (Å²) in [6.45, 7) is 8.59. The molecule has 0 radical (unpaired) electrons. The number of benzene rings is 2. The predicted molar refractivity (Wildman–Crippen MR) is 93.6 cm³/mol. The van der Waals surface area contributed by atoms with Crippen LogP contribution >= 0.6 is 0 Å². The van der Waals surface area contributed by atoms with Crippen LogP contribution in [0.4, 0.5) is 11.4 Å². The number of aryl methyl sites for hydroxylation is 2. The molecule has 0 saturated heterocycles. The van der Waals surface area contributed by atoms with Gasteiger partial charge in [-0.1, -0.05) is 44.2 Å². The van der Waals surface area contributed by atoms with Gasteiger partial charge in [0.2, 0.25) is 5.91 Å². The van der Waals surface area contributed by atoms with Crippen LogP contribution in [0.2, 0.25) is 0 Å². The molecular weight excluding hydrogens is 272 g/mol. The van der Waals surface area contributed by atoms with E-state index < -0.39 is 0 Å². The van der Waals surface area contributed by atoms with Gasteiger partial charge in [0.1, 0.15) is 0 Å². The summed E-state index contributed by atoms with van der Waals surface area (Å²) in [7, 11) is 0. The van der Waals surface area contributed by atoms with Crippen LogP contribution in [-0.4, -0.2) is 12.5 Å². The third-order valence-corrected chi connectivity index (χ3v) is 3.78. The second kappa shape index (κ2) is 7.12. The van der Waals surface area contributed by atoms with Crippen molar-refractivity contribution in [2.75, 3.05) is 17.2 Å². The molecule has 2 N–H and O–H groups in total. The number of amides is 1. The predicted octanol–water partition coefficient (Wildman–Crippen LogP) is 4.48. The number of carbonyl (C=O) groups excluding carboxylic acids is 1. The van der Waals surface area contributed by atoms with Gasteiger partial charge in [-0.2, -0.15) is 0 Å². The summed E-state index contributed by atoms with van der Waals surface area (Å²) in [6, 6.07) is 14.2. The number of rotatable bonds is 5. The first-order valence-corrected chi connectivity index (χ1v) is 7.67. The van der Waals surface area contributed by atoms with E-state index in [2.05, 4.69) is 36.6 Å². The molecule has 0 bridgehead atoms. The van der Waals surface area contributed by atoms with Crippen molar-refractivity contribution in [3.05, 3.63) is 59.2 Å². The number of hydrogen-bond acceptors (Lipinski definition) is 2. The Labute approximate surface area is 132 Å². The van der Waals surface area contributed by atoms with Gasteiger partial charge in [-0.25, -0.2) is 0 Å². The first-order valence-electron chi connectivity index (χ1n) is 7.67. The molecule has 0 aliphatic heterocycles. The van der Waals surface area contributed by atoms with Gasteiger partial charge in [0.25, 0.3) is 0 Å². The van der Waals surface area contributed by atoms with Crippen molar-refractivity contribution in [1.82, 2.24) is 0 Å². The molecule has 0 unspecified atom stereocenters. The Morgan fingerprint density at radius 1 is 1.00 bits per heavy atom. The summed E-state index contributed by atoms with van der Waals surface area (Å²) in [4.78, 5) is 12.1. The lowest BCUT2D eigenvalue weighted by Gasteiger charge is -2.13. The highest BCUT2D eigenvalue weighted by molar-refractivity contribution is 5.95. The first-order chi connectivity index (χ1) is 10.5. The van der Waals surface area contributed by atoms with Crippen molar-refractivity contribution >= 4 is 17.3 Å². The fourth-order valence-electron chi connectivity index (χ4n) is 2.36. The van der Waals surface area contributed by atoms with E-state index in [1.54, 1.807) is 0 Å². The fraction of sp³-hybridized carbons (Fsp3) is 0.316. The van der Waals surface area contributed by atoms with Gasteiger partial charge in [-0.05, 0) is 48.6 Å². The second-order valence-electron chi connectivity index (χ2n) is 5.95. The van der Waals surface area contributed by atoms with Crippen molar-refractivity contribution in [2.24, 2.45) is 0 Å². The highest BCUT2D eigenvalue weighted by Gasteiger charge is 2.07. The Morgan fingerprint density at radius 2 is 1.59 bits per heavy atom. The summed E-state index contributed by atoms with van der Waals surface area (Å²) < 4.78 is 0. The molecule has 22 heavy (non-hydrogen) atoms. The first kappa shape index (κ1) is 16.1. The molecule has 0 fully saturated rings. The average Bonchev–Trinajstić information content (AvgIpc) is 2.49. The van der Waals surface area contributed by atoms with Crippen LogP contribution in [-0.2, 0) is 4.79 Å². The van der Waals surface area contributed by atoms with E-state index in [1.807, 2.05) is 44.2 Å². The van der Waals surface area contributed by atoms with Gasteiger partial charge in [-0.3, -0.25) is 4.79 Å². The number of para-hydroxylation sites is 1. The molecule has 3 heteroatoms. The van der Waals surface area contributed by atoms with Crippen LogP contribution in [0.1, 0.15) is 36.5 Å². The summed E-state index contributed by atoms with van der Waals surface area (Å²) >= 11 is 0. The third-order valence-electron chi connectivity index (χ3n) is 3.78. The molecule has 116 valence electrons. The molecule has 0 aromatic heterocycles. The minimum absolute atomic E-state index is 0.0367. The lowest BCUT2D eigenvalue weighted by atomic mass is 10.0. The molecule has 2 aromatic carbocycles. The van der Waals surface area contributed by atoms with Crippen LogP contribution in [0, 0.1) is 13.8 Å². The Balaban J connectivity index is 1.93. The molecule has 0 aliphatic rings. The minimum atomic E-state index is -0.0367. The van der Waals surface area contributed by atoms with Crippen molar-refractivity contribution in [3.8, 4) is 0 Å². The van der Waals surface area contributed by atoms with Crippen LogP contribution in [0.3, 0.4) is 0 Å². The summed E-state index contributed by atoms with van der Waals surface area (Å²) in [6.07, 6.45) is 0. The quantitative estimate of drug-likeness (QED) is 0.854. The summed E-state index contributed by atoms with van der Waals surface area (Å²) in [5.74, 6) is 0.478. The van der Waals surface area contributed by atoms with Gasteiger partial charge >= 0.3 is 0 Å². The SMILES string of the molecule is Cc1cccc(C)c1NC(=O)CNc1ccc(C(C)C)cc1. The zero-order valence-corrected chi connectivity index (χ0v) is 13.7. The van der Waals surface area contributed by atoms with E-state index in [0.29, 0.717) is 5.92 Å². The zero-order valence-electron chi connectivity index (χ0n) is 13.7. The average molecular weight is 296 g/mol. The van der Waals surface area contributed by atoms with Gasteiger partial charge in [0, 0.05) is 11.4 Å². The van der Waals surface area contributed by atoms with E-state index >= 15 is 0 Å². The van der Waals surface area contributed by atoms with E-state index in [1.165, 1.54) is 5.56 Å². The standard InChI is InChI=1S/C19H24N2O/c1-13(2)16-8-10-17(11-9-16)20-12-18(22)21-19-14(3)6-5-7-15(19)4/h5-11,13,20H,12H2,1-4H3,(H,21,22). The van der Waals surface area contributed by atoms with E-state index in [0.717, 1.165) is 22.5 Å². The maximum atomic E-state index is 12.1. The topological polar surface area (TPSA) is 41.1 Å². The molecule has 0 spiro atoms. The Bertz CT molecular complexity index is 625. The number of anilines is 2. The molecule has 0 saturated carbocycles. The molecule has 1 amide bonds. The van der Waals surface area contributed by atoms with Crippen molar-refractivity contribution in [1.29, 1.82) is 0 Å². The highest BCUT2D eigenvalue weighted by atomic mass is 16.1. The van der Waals surface area contributed by atoms with Crippen LogP contribution in [0.25, 0.3) is 0 Å². The van der Waals surface area contributed by atoms with Crippen molar-refractivity contribution in [2.45, 2.75) is 33.6 Å². The van der Waals surface area contributed by atoms with Crippen LogP contribution < -0.4 is 10.6 Å². The summed E-state index contributed by atoms with van der Waals surface area (Å²) in [5, 5.41) is 6.13. The number of carbonyl (C=O) groups is 1. The van der Waals surface area contributed by atoms with Crippen molar-refractivity contribution in [3.63, 3.8) is 0 Å². The Morgan fingerprint density at radius 3 is 2.14 bits per heavy atom. The minimum Gasteiger partial charge on any atom is -0.376 e.